The zero-order valence-electron chi connectivity index (χ0n) is 21.4. The Morgan fingerprint density at radius 1 is 0.919 bits per heavy atom. The highest BCUT2D eigenvalue weighted by molar-refractivity contribution is 6.00. The van der Waals surface area contributed by atoms with Crippen LogP contribution in [0.2, 0.25) is 0 Å². The van der Waals surface area contributed by atoms with Crippen molar-refractivity contribution in [1.82, 2.24) is 15.1 Å². The fraction of sp³-hybridized carbons (Fsp3) is 0.290. The first-order chi connectivity index (χ1) is 18.2. The van der Waals surface area contributed by atoms with E-state index in [0.717, 1.165) is 58.7 Å². The van der Waals surface area contributed by atoms with Crippen LogP contribution in [0.3, 0.4) is 0 Å². The number of aromatic nitrogens is 2. The number of rotatable bonds is 11. The number of unbranched alkanes of at least 4 members (excludes halogenated alkanes) is 2. The lowest BCUT2D eigenvalue weighted by Crippen LogP contribution is -2.31. The standard InChI is InChI=1S/C31H33N3O3/c1-3-4-8-21-37-26-17-13-24(14-18-26)30-27-28(23-9-6-5-7-10-23)32-33-29(27)31(35)34(30)20-19-22-11-15-25(36-2)16-12-22/h5-7,9-18,30H,3-4,8,19-21H2,1-2H3,(H,32,33). The number of carbonyl (C=O) groups is 1. The molecule has 2 heterocycles. The summed E-state index contributed by atoms with van der Waals surface area (Å²) >= 11 is 0. The summed E-state index contributed by atoms with van der Waals surface area (Å²) in [5, 5.41) is 7.62. The van der Waals surface area contributed by atoms with E-state index in [-0.39, 0.29) is 11.9 Å². The Labute approximate surface area is 218 Å². The van der Waals surface area contributed by atoms with E-state index in [1.807, 2.05) is 59.5 Å². The van der Waals surface area contributed by atoms with Crippen LogP contribution < -0.4 is 9.47 Å². The summed E-state index contributed by atoms with van der Waals surface area (Å²) in [6.07, 6.45) is 4.12. The number of methoxy groups -OCH3 is 1. The fourth-order valence-electron chi connectivity index (χ4n) is 4.92. The summed E-state index contributed by atoms with van der Waals surface area (Å²) in [6.45, 7) is 3.49. The number of amides is 1. The number of aromatic amines is 1. The van der Waals surface area contributed by atoms with E-state index in [2.05, 4.69) is 41.4 Å². The molecule has 1 aromatic heterocycles. The van der Waals surface area contributed by atoms with Crippen molar-refractivity contribution >= 4 is 5.91 Å². The monoisotopic (exact) mass is 495 g/mol. The van der Waals surface area contributed by atoms with E-state index in [9.17, 15) is 4.79 Å². The van der Waals surface area contributed by atoms with Crippen molar-refractivity contribution in [3.05, 3.63) is 101 Å². The maximum Gasteiger partial charge on any atom is 0.273 e. The molecule has 1 amide bonds. The second-order valence-corrected chi connectivity index (χ2v) is 9.35. The minimum Gasteiger partial charge on any atom is -0.497 e. The van der Waals surface area contributed by atoms with Crippen molar-refractivity contribution in [1.29, 1.82) is 0 Å². The number of hydrogen-bond acceptors (Lipinski definition) is 4. The molecule has 190 valence electrons. The Morgan fingerprint density at radius 2 is 1.65 bits per heavy atom. The molecular weight excluding hydrogens is 462 g/mol. The van der Waals surface area contributed by atoms with Crippen molar-refractivity contribution in [3.63, 3.8) is 0 Å². The molecule has 37 heavy (non-hydrogen) atoms. The van der Waals surface area contributed by atoms with Gasteiger partial charge in [-0.3, -0.25) is 9.89 Å². The molecule has 1 unspecified atom stereocenters. The van der Waals surface area contributed by atoms with Gasteiger partial charge < -0.3 is 14.4 Å². The lowest BCUT2D eigenvalue weighted by atomic mass is 9.96. The van der Waals surface area contributed by atoms with Gasteiger partial charge >= 0.3 is 0 Å². The van der Waals surface area contributed by atoms with Crippen LogP contribution in [0.5, 0.6) is 11.5 Å². The van der Waals surface area contributed by atoms with Crippen molar-refractivity contribution in [2.24, 2.45) is 0 Å². The van der Waals surface area contributed by atoms with E-state index in [0.29, 0.717) is 18.8 Å². The minimum absolute atomic E-state index is 0.0249. The highest BCUT2D eigenvalue weighted by Crippen LogP contribution is 2.43. The highest BCUT2D eigenvalue weighted by Gasteiger charge is 2.41. The molecule has 0 saturated heterocycles. The van der Waals surface area contributed by atoms with E-state index < -0.39 is 0 Å². The SMILES string of the molecule is CCCCCOc1ccc(C2c3c(-c4ccccc4)n[nH]c3C(=O)N2CCc2ccc(OC)cc2)cc1. The maximum absolute atomic E-state index is 13.6. The molecule has 0 radical (unpaired) electrons. The quantitative estimate of drug-likeness (QED) is 0.243. The molecule has 0 fully saturated rings. The van der Waals surface area contributed by atoms with E-state index in [4.69, 9.17) is 9.47 Å². The lowest BCUT2D eigenvalue weighted by Gasteiger charge is -2.26. The van der Waals surface area contributed by atoms with Gasteiger partial charge in [-0.05, 0) is 48.2 Å². The zero-order chi connectivity index (χ0) is 25.6. The molecule has 4 aromatic rings. The average Bonchev–Trinajstić information content (AvgIpc) is 3.50. The fourth-order valence-corrected chi connectivity index (χ4v) is 4.92. The van der Waals surface area contributed by atoms with E-state index in [1.54, 1.807) is 7.11 Å². The number of carbonyl (C=O) groups excluding carboxylic acids is 1. The van der Waals surface area contributed by atoms with Gasteiger partial charge in [-0.1, -0.05) is 74.4 Å². The van der Waals surface area contributed by atoms with Gasteiger partial charge in [-0.25, -0.2) is 0 Å². The largest absolute Gasteiger partial charge is 0.497 e. The van der Waals surface area contributed by atoms with Crippen LogP contribution in [0.4, 0.5) is 0 Å². The van der Waals surface area contributed by atoms with Crippen LogP contribution in [0, 0.1) is 0 Å². The number of H-pyrrole nitrogens is 1. The molecular formula is C31H33N3O3. The third kappa shape index (κ3) is 5.24. The van der Waals surface area contributed by atoms with Gasteiger partial charge in [0.2, 0.25) is 0 Å². The molecule has 1 N–H and O–H groups in total. The molecule has 3 aromatic carbocycles. The number of hydrogen-bond donors (Lipinski definition) is 1. The van der Waals surface area contributed by atoms with Gasteiger partial charge in [0.15, 0.2) is 0 Å². The number of nitrogens with zero attached hydrogens (tertiary/aromatic N) is 2. The van der Waals surface area contributed by atoms with Gasteiger partial charge in [0.1, 0.15) is 17.2 Å². The summed E-state index contributed by atoms with van der Waals surface area (Å²) in [5.41, 5.74) is 5.51. The summed E-state index contributed by atoms with van der Waals surface area (Å²) in [7, 11) is 1.66. The Kier molecular flexibility index (Phi) is 7.54. The third-order valence-electron chi connectivity index (χ3n) is 6.92. The molecule has 5 rings (SSSR count). The molecule has 0 aliphatic carbocycles. The van der Waals surface area contributed by atoms with Gasteiger partial charge in [-0.2, -0.15) is 5.10 Å². The maximum atomic E-state index is 13.6. The normalized spacial score (nSPS) is 14.6. The van der Waals surface area contributed by atoms with Crippen LogP contribution in [-0.4, -0.2) is 41.3 Å². The minimum atomic E-state index is -0.233. The number of benzene rings is 3. The van der Waals surface area contributed by atoms with Gasteiger partial charge in [0, 0.05) is 17.7 Å². The molecule has 6 nitrogen and oxygen atoms in total. The number of nitrogens with one attached hydrogen (secondary N) is 1. The van der Waals surface area contributed by atoms with Gasteiger partial charge in [0.05, 0.1) is 25.5 Å². The zero-order valence-corrected chi connectivity index (χ0v) is 21.4. The molecule has 1 aliphatic rings. The van der Waals surface area contributed by atoms with Gasteiger partial charge in [0.25, 0.3) is 5.91 Å². The topological polar surface area (TPSA) is 67.5 Å². The summed E-state index contributed by atoms with van der Waals surface area (Å²) in [6, 6.07) is 26.0. The van der Waals surface area contributed by atoms with Gasteiger partial charge in [-0.15, -0.1) is 0 Å². The second-order valence-electron chi connectivity index (χ2n) is 9.35. The summed E-state index contributed by atoms with van der Waals surface area (Å²) in [4.78, 5) is 15.6. The van der Waals surface area contributed by atoms with Crippen LogP contribution in [0.25, 0.3) is 11.3 Å². The number of ether oxygens (including phenoxy) is 2. The van der Waals surface area contributed by atoms with Crippen LogP contribution in [-0.2, 0) is 6.42 Å². The summed E-state index contributed by atoms with van der Waals surface area (Å²) in [5.74, 6) is 1.65. The smallest absolute Gasteiger partial charge is 0.273 e. The third-order valence-corrected chi connectivity index (χ3v) is 6.92. The average molecular weight is 496 g/mol. The number of fused-ring (bicyclic) bond motifs is 1. The molecule has 0 saturated carbocycles. The first kappa shape index (κ1) is 24.6. The van der Waals surface area contributed by atoms with E-state index in [1.165, 1.54) is 6.42 Å². The Bertz CT molecular complexity index is 1310. The van der Waals surface area contributed by atoms with Crippen molar-refractivity contribution in [2.45, 2.75) is 38.6 Å². The van der Waals surface area contributed by atoms with Crippen molar-refractivity contribution in [2.75, 3.05) is 20.3 Å². The summed E-state index contributed by atoms with van der Waals surface area (Å²) < 4.78 is 11.2. The predicted molar refractivity (Wildman–Crippen MR) is 145 cm³/mol. The molecule has 0 spiro atoms. The highest BCUT2D eigenvalue weighted by atomic mass is 16.5. The van der Waals surface area contributed by atoms with Crippen LogP contribution in [0.1, 0.15) is 59.4 Å². The Hall–Kier alpha value is -4.06. The Morgan fingerprint density at radius 3 is 2.35 bits per heavy atom. The van der Waals surface area contributed by atoms with Crippen molar-refractivity contribution in [3.8, 4) is 22.8 Å². The van der Waals surface area contributed by atoms with Crippen molar-refractivity contribution < 1.29 is 14.3 Å². The first-order valence-corrected chi connectivity index (χ1v) is 13.0. The molecule has 0 bridgehead atoms. The molecule has 1 atom stereocenters. The molecule has 1 aliphatic heterocycles. The second kappa shape index (κ2) is 11.3. The molecule has 6 heteroatoms. The van der Waals surface area contributed by atoms with E-state index >= 15 is 0 Å². The predicted octanol–water partition coefficient (Wildman–Crippen LogP) is 6.44. The Balaban J connectivity index is 1.44. The first-order valence-electron chi connectivity index (χ1n) is 13.0. The van der Waals surface area contributed by atoms with Crippen LogP contribution in [0.15, 0.2) is 78.9 Å². The lowest BCUT2D eigenvalue weighted by molar-refractivity contribution is 0.0746. The van der Waals surface area contributed by atoms with Crippen LogP contribution >= 0.6 is 0 Å².